The van der Waals surface area contributed by atoms with E-state index in [1.165, 1.54) is 6.92 Å². The molecular weight excluding hydrogens is 380 g/mol. The van der Waals surface area contributed by atoms with Crippen molar-refractivity contribution in [1.82, 2.24) is 0 Å². The van der Waals surface area contributed by atoms with Gasteiger partial charge in [0.25, 0.3) is 6.47 Å². The third-order valence-electron chi connectivity index (χ3n) is 3.31. The van der Waals surface area contributed by atoms with Gasteiger partial charge in [0, 0.05) is 27.7 Å². The first-order valence-corrected chi connectivity index (χ1v) is 8.22. The first-order chi connectivity index (χ1) is 13.0. The molecule has 11 heteroatoms. The maximum Gasteiger partial charge on any atom is 0.303 e. The Morgan fingerprint density at radius 3 is 1.71 bits per heavy atom. The van der Waals surface area contributed by atoms with E-state index in [4.69, 9.17) is 14.2 Å². The minimum absolute atomic E-state index is 0.0628. The SMILES string of the molecule is CC(=O)OCC(=O)C(COC=O)C(OC(C)=O)C(OC(C)=O)C(C)OC(C)=O. The van der Waals surface area contributed by atoms with Crippen molar-refractivity contribution in [1.29, 1.82) is 0 Å². The fourth-order valence-electron chi connectivity index (χ4n) is 2.31. The van der Waals surface area contributed by atoms with Gasteiger partial charge in [-0.15, -0.1) is 0 Å². The molecule has 0 radical (unpaired) electrons. The molecular formula is C17H24O11. The maximum atomic E-state index is 12.5. The third-order valence-corrected chi connectivity index (χ3v) is 3.31. The van der Waals surface area contributed by atoms with Gasteiger partial charge in [0.05, 0.1) is 5.92 Å². The van der Waals surface area contributed by atoms with Gasteiger partial charge in [-0.2, -0.15) is 0 Å². The Morgan fingerprint density at radius 2 is 1.29 bits per heavy atom. The van der Waals surface area contributed by atoms with Crippen molar-refractivity contribution in [3.63, 3.8) is 0 Å². The van der Waals surface area contributed by atoms with Crippen LogP contribution in [0.5, 0.6) is 0 Å². The Morgan fingerprint density at radius 1 is 0.786 bits per heavy atom. The molecule has 0 aliphatic rings. The summed E-state index contributed by atoms with van der Waals surface area (Å²) in [6.07, 6.45) is -4.00. The average molecular weight is 404 g/mol. The van der Waals surface area contributed by atoms with Crippen molar-refractivity contribution in [3.05, 3.63) is 0 Å². The molecule has 158 valence electrons. The van der Waals surface area contributed by atoms with E-state index >= 15 is 0 Å². The van der Waals surface area contributed by atoms with E-state index in [1.54, 1.807) is 0 Å². The Bertz CT molecular complexity index is 598. The predicted octanol–water partition coefficient (Wildman–Crippen LogP) is -0.277. The van der Waals surface area contributed by atoms with Gasteiger partial charge in [-0.1, -0.05) is 0 Å². The largest absolute Gasteiger partial charge is 0.467 e. The summed E-state index contributed by atoms with van der Waals surface area (Å²) in [7, 11) is 0. The number of hydrogen-bond acceptors (Lipinski definition) is 11. The first-order valence-electron chi connectivity index (χ1n) is 8.22. The normalized spacial score (nSPS) is 14.5. The third kappa shape index (κ3) is 9.64. The minimum atomic E-state index is -1.49. The summed E-state index contributed by atoms with van der Waals surface area (Å²) in [4.78, 5) is 68.4. The molecule has 28 heavy (non-hydrogen) atoms. The summed E-state index contributed by atoms with van der Waals surface area (Å²) in [6, 6.07) is 0. The summed E-state index contributed by atoms with van der Waals surface area (Å²) >= 11 is 0. The highest BCUT2D eigenvalue weighted by atomic mass is 16.6. The predicted molar refractivity (Wildman–Crippen MR) is 89.5 cm³/mol. The zero-order valence-corrected chi connectivity index (χ0v) is 16.3. The Kier molecular flexibility index (Phi) is 11.1. The molecule has 4 atom stereocenters. The first kappa shape index (κ1) is 25.0. The number of carbonyl (C=O) groups is 6. The van der Waals surface area contributed by atoms with Crippen molar-refractivity contribution in [2.24, 2.45) is 5.92 Å². The highest BCUT2D eigenvalue weighted by Gasteiger charge is 2.43. The second kappa shape index (κ2) is 12.4. The van der Waals surface area contributed by atoms with Crippen LogP contribution in [0.2, 0.25) is 0 Å². The summed E-state index contributed by atoms with van der Waals surface area (Å²) in [5, 5.41) is 0. The van der Waals surface area contributed by atoms with Crippen LogP contribution in [0.1, 0.15) is 34.6 Å². The van der Waals surface area contributed by atoms with Gasteiger partial charge in [0.2, 0.25) is 0 Å². The van der Waals surface area contributed by atoms with Crippen LogP contribution < -0.4 is 0 Å². The molecule has 0 fully saturated rings. The van der Waals surface area contributed by atoms with Crippen molar-refractivity contribution in [3.8, 4) is 0 Å². The van der Waals surface area contributed by atoms with Gasteiger partial charge in [0.1, 0.15) is 12.7 Å². The number of esters is 4. The van der Waals surface area contributed by atoms with Crippen molar-refractivity contribution in [2.45, 2.75) is 52.9 Å². The van der Waals surface area contributed by atoms with Crippen molar-refractivity contribution in [2.75, 3.05) is 13.2 Å². The molecule has 0 heterocycles. The second-order valence-electron chi connectivity index (χ2n) is 5.75. The second-order valence-corrected chi connectivity index (χ2v) is 5.75. The zero-order chi connectivity index (χ0) is 21.9. The van der Waals surface area contributed by atoms with E-state index in [0.29, 0.717) is 0 Å². The minimum Gasteiger partial charge on any atom is -0.467 e. The lowest BCUT2D eigenvalue weighted by Gasteiger charge is -2.33. The van der Waals surface area contributed by atoms with Crippen molar-refractivity contribution < 1.29 is 52.5 Å². The van der Waals surface area contributed by atoms with Crippen LogP contribution in [0.25, 0.3) is 0 Å². The van der Waals surface area contributed by atoms with Gasteiger partial charge in [-0.05, 0) is 6.92 Å². The molecule has 0 rings (SSSR count). The molecule has 0 saturated heterocycles. The molecule has 0 aliphatic heterocycles. The van der Waals surface area contributed by atoms with Gasteiger partial charge in [-0.25, -0.2) is 0 Å². The number of Topliss-reactive ketones (excluding diaryl/α,β-unsaturated/α-hetero) is 1. The maximum absolute atomic E-state index is 12.5. The molecule has 0 bridgehead atoms. The number of rotatable bonds is 12. The topological polar surface area (TPSA) is 149 Å². The smallest absolute Gasteiger partial charge is 0.303 e. The summed E-state index contributed by atoms with van der Waals surface area (Å²) in [5.74, 6) is -5.22. The highest BCUT2D eigenvalue weighted by Crippen LogP contribution is 2.22. The van der Waals surface area contributed by atoms with Gasteiger partial charge >= 0.3 is 23.9 Å². The lowest BCUT2D eigenvalue weighted by molar-refractivity contribution is -0.189. The van der Waals surface area contributed by atoms with E-state index in [-0.39, 0.29) is 6.47 Å². The fraction of sp³-hybridized carbons (Fsp3) is 0.647. The van der Waals surface area contributed by atoms with E-state index in [0.717, 1.165) is 27.7 Å². The van der Waals surface area contributed by atoms with Crippen LogP contribution >= 0.6 is 0 Å². The molecule has 0 aromatic heterocycles. The van der Waals surface area contributed by atoms with E-state index in [9.17, 15) is 28.8 Å². The Hall–Kier alpha value is -2.98. The molecule has 0 spiro atoms. The molecule has 4 unspecified atom stereocenters. The van der Waals surface area contributed by atoms with Crippen LogP contribution in [0.15, 0.2) is 0 Å². The molecule has 0 aromatic rings. The van der Waals surface area contributed by atoms with Crippen LogP contribution in [0, 0.1) is 5.92 Å². The standard InChI is InChI=1S/C17H24O11/c1-9(26-11(3)20)16(27-12(4)21)17(28-13(5)22)14(6-24-8-18)15(23)7-25-10(2)19/h8-9,14,16-17H,6-7H2,1-5H3. The molecule has 0 aromatic carbocycles. The zero-order valence-electron chi connectivity index (χ0n) is 16.3. The molecule has 0 amide bonds. The van der Waals surface area contributed by atoms with E-state index in [2.05, 4.69) is 9.47 Å². The number of carbonyl (C=O) groups excluding carboxylic acids is 6. The van der Waals surface area contributed by atoms with E-state index in [1.807, 2.05) is 0 Å². The van der Waals surface area contributed by atoms with Crippen LogP contribution in [-0.4, -0.2) is 67.7 Å². The Balaban J connectivity index is 5.95. The lowest BCUT2D eigenvalue weighted by Crippen LogP contribution is -2.51. The van der Waals surface area contributed by atoms with Crippen LogP contribution in [0.4, 0.5) is 0 Å². The quantitative estimate of drug-likeness (QED) is 0.240. The number of ketones is 1. The van der Waals surface area contributed by atoms with Crippen LogP contribution in [0.3, 0.4) is 0 Å². The molecule has 0 N–H and O–H groups in total. The Labute approximate surface area is 161 Å². The average Bonchev–Trinajstić information content (AvgIpc) is 2.55. The summed E-state index contributed by atoms with van der Waals surface area (Å²) in [5.41, 5.74) is 0. The number of ether oxygens (including phenoxy) is 5. The van der Waals surface area contributed by atoms with E-state index < -0.39 is 67.1 Å². The number of hydrogen-bond donors (Lipinski definition) is 0. The summed E-state index contributed by atoms with van der Waals surface area (Å²) in [6.45, 7) is 4.46. The van der Waals surface area contributed by atoms with Crippen molar-refractivity contribution >= 4 is 36.1 Å². The monoisotopic (exact) mass is 404 g/mol. The summed E-state index contributed by atoms with van der Waals surface area (Å²) < 4.78 is 24.5. The molecule has 0 aliphatic carbocycles. The van der Waals surface area contributed by atoms with Gasteiger partial charge in [-0.3, -0.25) is 28.8 Å². The lowest BCUT2D eigenvalue weighted by atomic mass is 9.91. The highest BCUT2D eigenvalue weighted by molar-refractivity contribution is 5.85. The fourth-order valence-corrected chi connectivity index (χ4v) is 2.31. The van der Waals surface area contributed by atoms with Crippen LogP contribution in [-0.2, 0) is 52.5 Å². The van der Waals surface area contributed by atoms with Gasteiger partial charge < -0.3 is 23.7 Å². The molecule has 0 saturated carbocycles. The van der Waals surface area contributed by atoms with Gasteiger partial charge in [0.15, 0.2) is 24.6 Å². The molecule has 11 nitrogen and oxygen atoms in total.